The fourth-order valence-electron chi connectivity index (χ4n) is 4.68. The van der Waals surface area contributed by atoms with Gasteiger partial charge in [-0.1, -0.05) is 60.2 Å². The van der Waals surface area contributed by atoms with E-state index < -0.39 is 0 Å². The fraction of sp³-hybridized carbons (Fsp3) is 0.481. The molecule has 1 heterocycles. The van der Waals surface area contributed by atoms with E-state index in [0.717, 1.165) is 18.4 Å². The highest BCUT2D eigenvalue weighted by atomic mass is 16.5. The summed E-state index contributed by atoms with van der Waals surface area (Å²) >= 11 is 0. The molecule has 3 rings (SSSR count). The van der Waals surface area contributed by atoms with Gasteiger partial charge >= 0.3 is 5.97 Å². The van der Waals surface area contributed by atoms with Crippen LogP contribution in [0.5, 0.6) is 0 Å². The number of rotatable bonds is 8. The van der Waals surface area contributed by atoms with E-state index >= 15 is 0 Å². The van der Waals surface area contributed by atoms with E-state index in [4.69, 9.17) is 9.47 Å². The lowest BCUT2D eigenvalue weighted by atomic mass is 9.67. The van der Waals surface area contributed by atoms with Gasteiger partial charge in [0.05, 0.1) is 30.6 Å². The zero-order valence-corrected chi connectivity index (χ0v) is 18.9. The number of nitriles is 1. The summed E-state index contributed by atoms with van der Waals surface area (Å²) < 4.78 is 11.6. The van der Waals surface area contributed by atoms with Crippen LogP contribution in [0.15, 0.2) is 54.6 Å². The van der Waals surface area contributed by atoms with Crippen molar-refractivity contribution in [3.63, 3.8) is 0 Å². The van der Waals surface area contributed by atoms with Crippen LogP contribution in [0.4, 0.5) is 0 Å². The van der Waals surface area contributed by atoms with E-state index in [2.05, 4.69) is 51.1 Å². The minimum absolute atomic E-state index is 0.171. The van der Waals surface area contributed by atoms with Gasteiger partial charge in [0, 0.05) is 12.0 Å². The molecule has 0 aliphatic carbocycles. The molecule has 164 valence electrons. The Bertz CT molecular complexity index is 898. The quantitative estimate of drug-likeness (QED) is 0.398. The molecule has 31 heavy (non-hydrogen) atoms. The highest BCUT2D eigenvalue weighted by molar-refractivity contribution is 5.71. The van der Waals surface area contributed by atoms with Gasteiger partial charge in [-0.2, -0.15) is 5.26 Å². The first-order valence-electron chi connectivity index (χ1n) is 11.1. The average molecular weight is 420 g/mol. The summed E-state index contributed by atoms with van der Waals surface area (Å²) in [6, 6.07) is 20.6. The number of hydrogen-bond donors (Lipinski definition) is 0. The Morgan fingerprint density at radius 2 is 1.87 bits per heavy atom. The van der Waals surface area contributed by atoms with Crippen LogP contribution in [-0.2, 0) is 19.7 Å². The normalized spacial score (nSPS) is 21.1. The van der Waals surface area contributed by atoms with Crippen molar-refractivity contribution in [3.8, 4) is 6.07 Å². The number of carbonyl (C=O) groups is 1. The van der Waals surface area contributed by atoms with Crippen molar-refractivity contribution < 1.29 is 14.3 Å². The second kappa shape index (κ2) is 10.1. The molecular weight excluding hydrogens is 386 g/mol. The molecule has 0 radical (unpaired) electrons. The van der Waals surface area contributed by atoms with Gasteiger partial charge in [-0.15, -0.1) is 0 Å². The summed E-state index contributed by atoms with van der Waals surface area (Å²) in [4.78, 5) is 12.8. The van der Waals surface area contributed by atoms with Crippen LogP contribution in [0.2, 0.25) is 0 Å². The van der Waals surface area contributed by atoms with Crippen LogP contribution >= 0.6 is 0 Å². The van der Waals surface area contributed by atoms with Crippen molar-refractivity contribution in [3.05, 3.63) is 71.3 Å². The van der Waals surface area contributed by atoms with Crippen molar-refractivity contribution in [2.75, 3.05) is 13.2 Å². The van der Waals surface area contributed by atoms with Crippen LogP contribution in [0, 0.1) is 18.3 Å². The highest BCUT2D eigenvalue weighted by Crippen LogP contribution is 2.44. The summed E-state index contributed by atoms with van der Waals surface area (Å²) in [7, 11) is 0. The first-order chi connectivity index (χ1) is 14.8. The maximum atomic E-state index is 12.8. The van der Waals surface area contributed by atoms with Gasteiger partial charge in [-0.3, -0.25) is 4.79 Å². The summed E-state index contributed by atoms with van der Waals surface area (Å²) in [5.74, 6) is -0.346. The molecule has 0 bridgehead atoms. The van der Waals surface area contributed by atoms with Gasteiger partial charge in [0.15, 0.2) is 0 Å². The molecule has 1 saturated heterocycles. The lowest BCUT2D eigenvalue weighted by Gasteiger charge is -2.45. The topological polar surface area (TPSA) is 59.3 Å². The molecule has 4 nitrogen and oxygen atoms in total. The largest absolute Gasteiger partial charge is 0.466 e. The number of aryl methyl sites for hydroxylation is 1. The van der Waals surface area contributed by atoms with E-state index in [-0.39, 0.29) is 22.9 Å². The number of ether oxygens (including phenoxy) is 2. The Morgan fingerprint density at radius 3 is 2.52 bits per heavy atom. The predicted octanol–water partition coefficient (Wildman–Crippen LogP) is 5.84. The van der Waals surface area contributed by atoms with Gasteiger partial charge in [0.1, 0.15) is 0 Å². The zero-order chi connectivity index (χ0) is 22.3. The lowest BCUT2D eigenvalue weighted by molar-refractivity contribution is -0.148. The fourth-order valence-corrected chi connectivity index (χ4v) is 4.68. The molecule has 0 aromatic heterocycles. The summed E-state index contributed by atoms with van der Waals surface area (Å²) in [6.07, 6.45) is 3.29. The predicted molar refractivity (Wildman–Crippen MR) is 122 cm³/mol. The molecule has 0 amide bonds. The van der Waals surface area contributed by atoms with E-state index in [1.54, 1.807) is 0 Å². The summed E-state index contributed by atoms with van der Waals surface area (Å²) in [5, 5.41) is 9.46. The van der Waals surface area contributed by atoms with Crippen molar-refractivity contribution in [1.82, 2.24) is 0 Å². The Kier molecular flexibility index (Phi) is 7.51. The van der Waals surface area contributed by atoms with Gasteiger partial charge in [0.2, 0.25) is 0 Å². The second-order valence-corrected chi connectivity index (χ2v) is 9.31. The standard InChI is InChI=1S/C27H33NO3/c1-21-11-13-24(14-12-21)27(15-17-31-26(2,3)20-27)18-25(29)30-16-7-10-23(19-28)22-8-5-4-6-9-22/h4-6,8-9,11-14,23H,7,10,15-18,20H2,1-3H3/t23-,27-/m1/s1. The molecule has 0 saturated carbocycles. The molecule has 4 heteroatoms. The number of hydrogen-bond acceptors (Lipinski definition) is 4. The van der Waals surface area contributed by atoms with E-state index in [1.165, 1.54) is 11.1 Å². The summed E-state index contributed by atoms with van der Waals surface area (Å²) in [6.45, 7) is 7.23. The highest BCUT2D eigenvalue weighted by Gasteiger charge is 2.43. The zero-order valence-electron chi connectivity index (χ0n) is 18.9. The van der Waals surface area contributed by atoms with Crippen LogP contribution in [-0.4, -0.2) is 24.8 Å². The van der Waals surface area contributed by atoms with Crippen LogP contribution < -0.4 is 0 Å². The molecule has 2 aromatic rings. The lowest BCUT2D eigenvalue weighted by Crippen LogP contribution is -2.45. The second-order valence-electron chi connectivity index (χ2n) is 9.31. The molecule has 1 aliphatic rings. The Morgan fingerprint density at radius 1 is 1.16 bits per heavy atom. The van der Waals surface area contributed by atoms with Crippen molar-refractivity contribution in [1.29, 1.82) is 5.26 Å². The van der Waals surface area contributed by atoms with Gasteiger partial charge in [-0.05, 0) is 57.6 Å². The maximum absolute atomic E-state index is 12.8. The smallest absolute Gasteiger partial charge is 0.306 e. The SMILES string of the molecule is Cc1ccc([C@@]2(CC(=O)OCCC[C@H](C#N)c3ccccc3)CCOC(C)(C)C2)cc1. The van der Waals surface area contributed by atoms with Gasteiger partial charge in [0.25, 0.3) is 0 Å². The molecule has 2 aromatic carbocycles. The third-order valence-corrected chi connectivity index (χ3v) is 6.24. The average Bonchev–Trinajstić information content (AvgIpc) is 2.74. The van der Waals surface area contributed by atoms with Crippen LogP contribution in [0.1, 0.15) is 68.6 Å². The van der Waals surface area contributed by atoms with E-state index in [9.17, 15) is 10.1 Å². The summed E-state index contributed by atoms with van der Waals surface area (Å²) in [5.41, 5.74) is 2.85. The molecular formula is C27H33NO3. The molecule has 0 spiro atoms. The third-order valence-electron chi connectivity index (χ3n) is 6.24. The Hall–Kier alpha value is -2.64. The minimum atomic E-state index is -0.279. The number of nitrogens with zero attached hydrogens (tertiary/aromatic N) is 1. The molecule has 0 N–H and O–H groups in total. The van der Waals surface area contributed by atoms with Crippen LogP contribution in [0.3, 0.4) is 0 Å². The van der Waals surface area contributed by atoms with Crippen molar-refractivity contribution in [2.45, 2.75) is 69.8 Å². The number of carbonyl (C=O) groups excluding carboxylic acids is 1. The Labute approximate surface area is 186 Å². The molecule has 2 atom stereocenters. The van der Waals surface area contributed by atoms with E-state index in [0.29, 0.717) is 32.5 Å². The van der Waals surface area contributed by atoms with Crippen molar-refractivity contribution in [2.24, 2.45) is 0 Å². The van der Waals surface area contributed by atoms with Gasteiger partial charge in [-0.25, -0.2) is 0 Å². The first-order valence-corrected chi connectivity index (χ1v) is 11.1. The van der Waals surface area contributed by atoms with Crippen LogP contribution in [0.25, 0.3) is 0 Å². The maximum Gasteiger partial charge on any atom is 0.306 e. The first kappa shape index (κ1) is 23.0. The third kappa shape index (κ3) is 6.18. The molecule has 1 aliphatic heterocycles. The Balaban J connectivity index is 1.59. The van der Waals surface area contributed by atoms with Crippen molar-refractivity contribution >= 4 is 5.97 Å². The monoisotopic (exact) mass is 419 g/mol. The molecule has 0 unspecified atom stereocenters. The molecule has 1 fully saturated rings. The minimum Gasteiger partial charge on any atom is -0.466 e. The van der Waals surface area contributed by atoms with Gasteiger partial charge < -0.3 is 9.47 Å². The number of benzene rings is 2. The number of esters is 1. The van der Waals surface area contributed by atoms with E-state index in [1.807, 2.05) is 30.3 Å².